The van der Waals surface area contributed by atoms with Gasteiger partial charge in [0, 0.05) is 13.1 Å². The second kappa shape index (κ2) is 5.41. The number of hydrogen-bond donors (Lipinski definition) is 0. The Morgan fingerprint density at radius 2 is 1.84 bits per heavy atom. The molecule has 0 N–H and O–H groups in total. The molecule has 4 heteroatoms. The number of aryl methyl sites for hydroxylation is 2. The standard InChI is InChI=1S/C15H21N3.ClH/c1-4-5-7-17-13-9-11(2)12(3)10-14(13)18-8-6-16-15(17)18;/h9-10H,4-8H2,1-3H3;1H. The van der Waals surface area contributed by atoms with Crippen molar-refractivity contribution >= 4 is 29.7 Å². The highest BCUT2D eigenvalue weighted by Crippen LogP contribution is 2.40. The lowest BCUT2D eigenvalue weighted by Gasteiger charge is -2.19. The first-order valence-electron chi connectivity index (χ1n) is 6.93. The van der Waals surface area contributed by atoms with Crippen LogP contribution in [-0.4, -0.2) is 25.6 Å². The molecule has 3 nitrogen and oxygen atoms in total. The van der Waals surface area contributed by atoms with Gasteiger partial charge in [-0.2, -0.15) is 0 Å². The summed E-state index contributed by atoms with van der Waals surface area (Å²) < 4.78 is 0. The van der Waals surface area contributed by atoms with Crippen molar-refractivity contribution < 1.29 is 0 Å². The van der Waals surface area contributed by atoms with Gasteiger partial charge in [0.2, 0.25) is 5.96 Å². The van der Waals surface area contributed by atoms with Crippen molar-refractivity contribution in [2.45, 2.75) is 33.6 Å². The summed E-state index contributed by atoms with van der Waals surface area (Å²) in [6, 6.07) is 4.64. The van der Waals surface area contributed by atoms with Crippen LogP contribution in [0.3, 0.4) is 0 Å². The zero-order chi connectivity index (χ0) is 12.7. The van der Waals surface area contributed by atoms with Gasteiger partial charge in [0.05, 0.1) is 17.9 Å². The van der Waals surface area contributed by atoms with Crippen LogP contribution in [0.25, 0.3) is 0 Å². The van der Waals surface area contributed by atoms with E-state index in [9.17, 15) is 0 Å². The molecule has 2 aliphatic heterocycles. The minimum atomic E-state index is 0. The second-order valence-corrected chi connectivity index (χ2v) is 5.26. The first kappa shape index (κ1) is 14.2. The van der Waals surface area contributed by atoms with E-state index in [1.807, 2.05) is 0 Å². The van der Waals surface area contributed by atoms with Gasteiger partial charge in [-0.15, -0.1) is 12.4 Å². The Hall–Kier alpha value is -1.22. The summed E-state index contributed by atoms with van der Waals surface area (Å²) in [5, 5.41) is 0. The van der Waals surface area contributed by atoms with E-state index in [1.54, 1.807) is 0 Å². The predicted octanol–water partition coefficient (Wildman–Crippen LogP) is 3.52. The van der Waals surface area contributed by atoms with Crippen molar-refractivity contribution in [2.24, 2.45) is 4.99 Å². The lowest BCUT2D eigenvalue weighted by atomic mass is 10.1. The van der Waals surface area contributed by atoms with E-state index in [0.717, 1.165) is 19.6 Å². The summed E-state index contributed by atoms with van der Waals surface area (Å²) in [5.41, 5.74) is 5.45. The molecule has 0 saturated carbocycles. The molecule has 104 valence electrons. The molecule has 3 rings (SSSR count). The Kier molecular flexibility index (Phi) is 4.04. The van der Waals surface area contributed by atoms with Gasteiger partial charge in [-0.05, 0) is 43.5 Å². The highest BCUT2D eigenvalue weighted by Gasteiger charge is 2.35. The summed E-state index contributed by atoms with van der Waals surface area (Å²) in [6.07, 6.45) is 2.45. The Morgan fingerprint density at radius 3 is 2.53 bits per heavy atom. The average molecular weight is 280 g/mol. The van der Waals surface area contributed by atoms with Crippen molar-refractivity contribution in [2.75, 3.05) is 29.4 Å². The molecule has 0 spiro atoms. The molecule has 0 amide bonds. The zero-order valence-electron chi connectivity index (χ0n) is 11.9. The van der Waals surface area contributed by atoms with Crippen molar-refractivity contribution in [3.63, 3.8) is 0 Å². The molecule has 0 atom stereocenters. The van der Waals surface area contributed by atoms with E-state index in [2.05, 4.69) is 47.7 Å². The summed E-state index contributed by atoms with van der Waals surface area (Å²) in [6.45, 7) is 9.68. The first-order chi connectivity index (χ1) is 8.72. The van der Waals surface area contributed by atoms with Gasteiger partial charge >= 0.3 is 0 Å². The third kappa shape index (κ3) is 2.20. The Labute approximate surface area is 121 Å². The summed E-state index contributed by atoms with van der Waals surface area (Å²) in [4.78, 5) is 9.45. The van der Waals surface area contributed by atoms with E-state index >= 15 is 0 Å². The maximum Gasteiger partial charge on any atom is 0.205 e. The van der Waals surface area contributed by atoms with Gasteiger partial charge in [0.1, 0.15) is 0 Å². The smallest absolute Gasteiger partial charge is 0.205 e. The largest absolute Gasteiger partial charge is 0.310 e. The molecule has 0 aliphatic carbocycles. The minimum Gasteiger partial charge on any atom is -0.310 e. The zero-order valence-corrected chi connectivity index (χ0v) is 12.8. The lowest BCUT2D eigenvalue weighted by Crippen LogP contribution is -2.35. The van der Waals surface area contributed by atoms with Crippen LogP contribution < -0.4 is 9.80 Å². The highest BCUT2D eigenvalue weighted by molar-refractivity contribution is 6.17. The van der Waals surface area contributed by atoms with Crippen LogP contribution in [-0.2, 0) is 0 Å². The Bertz CT molecular complexity index is 510. The monoisotopic (exact) mass is 279 g/mol. The molecule has 2 aliphatic rings. The number of aliphatic imine (C=N–C) groups is 1. The lowest BCUT2D eigenvalue weighted by molar-refractivity contribution is 0.797. The number of fused-ring (bicyclic) bond motifs is 3. The average Bonchev–Trinajstić information content (AvgIpc) is 2.90. The number of halogens is 1. The molecule has 0 fully saturated rings. The summed E-state index contributed by atoms with van der Waals surface area (Å²) >= 11 is 0. The number of guanidine groups is 1. The number of unbranched alkanes of at least 4 members (excludes halogenated alkanes) is 1. The van der Waals surface area contributed by atoms with E-state index < -0.39 is 0 Å². The van der Waals surface area contributed by atoms with Gasteiger partial charge in [-0.25, -0.2) is 0 Å². The van der Waals surface area contributed by atoms with Crippen LogP contribution >= 0.6 is 12.4 Å². The summed E-state index contributed by atoms with van der Waals surface area (Å²) in [7, 11) is 0. The molecule has 0 aromatic heterocycles. The van der Waals surface area contributed by atoms with E-state index in [-0.39, 0.29) is 12.4 Å². The van der Waals surface area contributed by atoms with Crippen molar-refractivity contribution in [3.8, 4) is 0 Å². The number of anilines is 2. The molecule has 19 heavy (non-hydrogen) atoms. The maximum absolute atomic E-state index is 4.67. The summed E-state index contributed by atoms with van der Waals surface area (Å²) in [5.74, 6) is 1.17. The van der Waals surface area contributed by atoms with Crippen LogP contribution in [0, 0.1) is 13.8 Å². The Morgan fingerprint density at radius 1 is 1.16 bits per heavy atom. The van der Waals surface area contributed by atoms with Crippen LogP contribution in [0.4, 0.5) is 11.4 Å². The van der Waals surface area contributed by atoms with Gasteiger partial charge in [-0.3, -0.25) is 4.99 Å². The fraction of sp³-hybridized carbons (Fsp3) is 0.533. The van der Waals surface area contributed by atoms with E-state index in [1.165, 1.54) is 41.3 Å². The quantitative estimate of drug-likeness (QED) is 0.843. The van der Waals surface area contributed by atoms with Crippen molar-refractivity contribution in [1.29, 1.82) is 0 Å². The fourth-order valence-corrected chi connectivity index (χ4v) is 2.76. The van der Waals surface area contributed by atoms with Gasteiger partial charge < -0.3 is 9.80 Å². The minimum absolute atomic E-state index is 0. The van der Waals surface area contributed by atoms with Crippen LogP contribution in [0.2, 0.25) is 0 Å². The van der Waals surface area contributed by atoms with Crippen molar-refractivity contribution in [3.05, 3.63) is 23.3 Å². The van der Waals surface area contributed by atoms with Crippen LogP contribution in [0.5, 0.6) is 0 Å². The number of hydrogen-bond acceptors (Lipinski definition) is 3. The normalized spacial score (nSPS) is 16.1. The number of benzene rings is 1. The number of nitrogens with zero attached hydrogens (tertiary/aromatic N) is 3. The van der Waals surface area contributed by atoms with Crippen LogP contribution in [0.1, 0.15) is 30.9 Å². The molecular weight excluding hydrogens is 258 g/mol. The first-order valence-corrected chi connectivity index (χ1v) is 6.93. The predicted molar refractivity (Wildman–Crippen MR) is 85.1 cm³/mol. The van der Waals surface area contributed by atoms with Gasteiger partial charge in [-0.1, -0.05) is 13.3 Å². The topological polar surface area (TPSA) is 18.8 Å². The molecule has 1 aromatic carbocycles. The highest BCUT2D eigenvalue weighted by atomic mass is 35.5. The maximum atomic E-state index is 4.67. The van der Waals surface area contributed by atoms with Gasteiger partial charge in [0.25, 0.3) is 0 Å². The van der Waals surface area contributed by atoms with Crippen molar-refractivity contribution in [1.82, 2.24) is 0 Å². The van der Waals surface area contributed by atoms with Gasteiger partial charge in [0.15, 0.2) is 0 Å². The molecular formula is C15H22ClN3. The molecule has 2 heterocycles. The van der Waals surface area contributed by atoms with E-state index in [4.69, 9.17) is 0 Å². The third-order valence-electron chi connectivity index (χ3n) is 3.97. The molecule has 1 aromatic rings. The SMILES string of the molecule is CCCCN1C2=NCCN2c2cc(C)c(C)cc21.Cl. The van der Waals surface area contributed by atoms with E-state index in [0.29, 0.717) is 0 Å². The third-order valence-corrected chi connectivity index (χ3v) is 3.97. The van der Waals surface area contributed by atoms with Crippen LogP contribution in [0.15, 0.2) is 17.1 Å². The number of rotatable bonds is 3. The second-order valence-electron chi connectivity index (χ2n) is 5.26. The molecule has 0 bridgehead atoms. The molecule has 0 radical (unpaired) electrons. The fourth-order valence-electron chi connectivity index (χ4n) is 2.76. The molecule has 0 unspecified atom stereocenters. The Balaban J connectivity index is 0.00000133. The molecule has 0 saturated heterocycles.